The molecule has 31 heavy (non-hydrogen) atoms. The maximum Gasteiger partial charge on any atom is 0.220 e. The highest BCUT2D eigenvalue weighted by atomic mass is 16.3. The van der Waals surface area contributed by atoms with E-state index in [0.717, 1.165) is 44.4 Å². The molecule has 2 aliphatic heterocycles. The Morgan fingerprint density at radius 3 is 2.71 bits per heavy atom. The first kappa shape index (κ1) is 22.0. The van der Waals surface area contributed by atoms with Crippen LogP contribution in [0.15, 0.2) is 29.3 Å². The molecule has 1 saturated carbocycles. The molecule has 6 heteroatoms. The summed E-state index contributed by atoms with van der Waals surface area (Å²) in [6.45, 7) is 6.93. The van der Waals surface area contributed by atoms with Crippen LogP contribution < -0.4 is 5.32 Å². The number of carbonyl (C=O) groups excluding carboxylic acids is 1. The highest BCUT2D eigenvalue weighted by Gasteiger charge is 2.40. The van der Waals surface area contributed by atoms with Gasteiger partial charge in [0.1, 0.15) is 5.75 Å². The van der Waals surface area contributed by atoms with Gasteiger partial charge in [-0.25, -0.2) is 0 Å². The fourth-order valence-corrected chi connectivity index (χ4v) is 5.41. The van der Waals surface area contributed by atoms with Crippen molar-refractivity contribution in [1.29, 1.82) is 0 Å². The summed E-state index contributed by atoms with van der Waals surface area (Å²) in [5, 5.41) is 12.8. The number of carbonyl (C=O) groups is 1. The maximum absolute atomic E-state index is 12.6. The van der Waals surface area contributed by atoms with Crippen LogP contribution in [0.2, 0.25) is 0 Å². The number of aliphatic imine (C=N–C) groups is 1. The molecule has 4 rings (SSSR count). The SMILES string of the molecule is CC(CN1C2=NCC(C)N2CC1Cc1ccc(O)cc1)NC(=O)CCC1CCCCC1. The average molecular weight is 427 g/mol. The van der Waals surface area contributed by atoms with E-state index < -0.39 is 0 Å². The minimum absolute atomic E-state index is 0.0831. The second-order valence-electron chi connectivity index (χ2n) is 9.83. The number of guanidine groups is 1. The molecule has 2 fully saturated rings. The van der Waals surface area contributed by atoms with Crippen molar-refractivity contribution in [3.8, 4) is 5.75 Å². The largest absolute Gasteiger partial charge is 0.508 e. The van der Waals surface area contributed by atoms with E-state index in [0.29, 0.717) is 24.3 Å². The van der Waals surface area contributed by atoms with Gasteiger partial charge in [-0.05, 0) is 50.3 Å². The summed E-state index contributed by atoms with van der Waals surface area (Å²) in [7, 11) is 0. The Hall–Kier alpha value is -2.24. The van der Waals surface area contributed by atoms with Gasteiger partial charge in [0.2, 0.25) is 5.91 Å². The fraction of sp³-hybridized carbons (Fsp3) is 0.680. The first-order chi connectivity index (χ1) is 15.0. The number of fused-ring (bicyclic) bond motifs is 1. The van der Waals surface area contributed by atoms with Gasteiger partial charge >= 0.3 is 0 Å². The molecule has 3 aliphatic rings. The van der Waals surface area contributed by atoms with Gasteiger partial charge in [0.25, 0.3) is 0 Å². The van der Waals surface area contributed by atoms with Crippen LogP contribution in [0.5, 0.6) is 5.75 Å². The van der Waals surface area contributed by atoms with Gasteiger partial charge in [0.05, 0.1) is 12.6 Å². The van der Waals surface area contributed by atoms with E-state index in [9.17, 15) is 9.90 Å². The van der Waals surface area contributed by atoms with Crippen molar-refractivity contribution < 1.29 is 9.90 Å². The van der Waals surface area contributed by atoms with E-state index in [-0.39, 0.29) is 11.9 Å². The molecule has 0 spiro atoms. The van der Waals surface area contributed by atoms with E-state index >= 15 is 0 Å². The molecule has 1 aromatic rings. The van der Waals surface area contributed by atoms with Gasteiger partial charge in [-0.1, -0.05) is 44.2 Å². The van der Waals surface area contributed by atoms with Gasteiger partial charge in [-0.15, -0.1) is 0 Å². The number of hydrogen-bond donors (Lipinski definition) is 2. The lowest BCUT2D eigenvalue weighted by Gasteiger charge is -2.29. The van der Waals surface area contributed by atoms with E-state index in [1.165, 1.54) is 37.7 Å². The number of phenolic OH excluding ortho intramolecular Hbond substituents is 1. The van der Waals surface area contributed by atoms with Crippen molar-refractivity contribution in [3.05, 3.63) is 29.8 Å². The number of hydrogen-bond acceptors (Lipinski definition) is 5. The van der Waals surface area contributed by atoms with Crippen LogP contribution in [0.4, 0.5) is 0 Å². The molecule has 6 nitrogen and oxygen atoms in total. The van der Waals surface area contributed by atoms with E-state index in [2.05, 4.69) is 29.0 Å². The predicted molar refractivity (Wildman–Crippen MR) is 124 cm³/mol. The molecule has 170 valence electrons. The highest BCUT2D eigenvalue weighted by molar-refractivity contribution is 5.85. The second-order valence-corrected chi connectivity index (χ2v) is 9.83. The monoisotopic (exact) mass is 426 g/mol. The topological polar surface area (TPSA) is 68.2 Å². The van der Waals surface area contributed by atoms with Gasteiger partial charge in [0.15, 0.2) is 5.96 Å². The third-order valence-corrected chi connectivity index (χ3v) is 7.18. The lowest BCUT2D eigenvalue weighted by Crippen LogP contribution is -2.46. The van der Waals surface area contributed by atoms with Crippen LogP contribution in [0.25, 0.3) is 0 Å². The van der Waals surface area contributed by atoms with E-state index in [1.807, 2.05) is 12.1 Å². The van der Waals surface area contributed by atoms with E-state index in [4.69, 9.17) is 4.99 Å². The molecule has 3 atom stereocenters. The summed E-state index contributed by atoms with van der Waals surface area (Å²) in [5.74, 6) is 2.31. The zero-order valence-electron chi connectivity index (χ0n) is 19.1. The number of amides is 1. The Labute approximate surface area is 186 Å². The summed E-state index contributed by atoms with van der Waals surface area (Å²) in [6, 6.07) is 8.35. The molecule has 0 aromatic heterocycles. The smallest absolute Gasteiger partial charge is 0.220 e. The minimum Gasteiger partial charge on any atom is -0.508 e. The van der Waals surface area contributed by atoms with Crippen LogP contribution in [-0.2, 0) is 11.2 Å². The summed E-state index contributed by atoms with van der Waals surface area (Å²) in [5.41, 5.74) is 1.21. The molecule has 0 radical (unpaired) electrons. The molecule has 3 unspecified atom stereocenters. The number of rotatable bonds is 8. The molecule has 1 aromatic carbocycles. The van der Waals surface area contributed by atoms with Gasteiger partial charge in [0, 0.05) is 31.6 Å². The van der Waals surface area contributed by atoms with Crippen molar-refractivity contribution in [2.24, 2.45) is 10.9 Å². The van der Waals surface area contributed by atoms with Crippen LogP contribution in [-0.4, -0.2) is 64.5 Å². The normalized spacial score (nSPS) is 24.8. The summed E-state index contributed by atoms with van der Waals surface area (Å²) in [4.78, 5) is 22.2. The number of nitrogens with zero attached hydrogens (tertiary/aromatic N) is 3. The van der Waals surface area contributed by atoms with Gasteiger partial charge in [-0.2, -0.15) is 0 Å². The molecular weight excluding hydrogens is 388 g/mol. The molecule has 2 heterocycles. The number of phenols is 1. The summed E-state index contributed by atoms with van der Waals surface area (Å²) < 4.78 is 0. The van der Waals surface area contributed by atoms with Crippen LogP contribution in [0, 0.1) is 5.92 Å². The average Bonchev–Trinajstić information content (AvgIpc) is 3.28. The van der Waals surface area contributed by atoms with Gasteiger partial charge < -0.3 is 20.2 Å². The van der Waals surface area contributed by atoms with Crippen molar-refractivity contribution in [2.75, 3.05) is 19.6 Å². The minimum atomic E-state index is 0.0831. The summed E-state index contributed by atoms with van der Waals surface area (Å²) in [6.07, 6.45) is 9.20. The standard InChI is InChI=1S/C25H38N4O2/c1-18(27-24(31)13-10-20-6-4-3-5-7-20)16-29-22(14-21-8-11-23(30)12-9-21)17-28-19(2)15-26-25(28)29/h8-9,11-12,18-20,22,30H,3-7,10,13-17H2,1-2H3,(H,27,31). The Morgan fingerprint density at radius 2 is 1.97 bits per heavy atom. The third kappa shape index (κ3) is 5.52. The van der Waals surface area contributed by atoms with E-state index in [1.54, 1.807) is 12.1 Å². The molecule has 2 N–H and O–H groups in total. The maximum atomic E-state index is 12.6. The lowest BCUT2D eigenvalue weighted by atomic mass is 9.86. The zero-order chi connectivity index (χ0) is 21.8. The van der Waals surface area contributed by atoms with Crippen LogP contribution in [0.3, 0.4) is 0 Å². The number of nitrogens with one attached hydrogen (secondary N) is 1. The van der Waals surface area contributed by atoms with Gasteiger partial charge in [-0.3, -0.25) is 9.79 Å². The molecule has 1 amide bonds. The molecular formula is C25H38N4O2. The number of benzene rings is 1. The number of aromatic hydroxyl groups is 1. The Kier molecular flexibility index (Phi) is 7.03. The molecule has 1 saturated heterocycles. The zero-order valence-corrected chi connectivity index (χ0v) is 19.1. The first-order valence-electron chi connectivity index (χ1n) is 12.1. The van der Waals surface area contributed by atoms with Crippen molar-refractivity contribution >= 4 is 11.9 Å². The van der Waals surface area contributed by atoms with Crippen molar-refractivity contribution in [2.45, 2.75) is 83.3 Å². The lowest BCUT2D eigenvalue weighted by molar-refractivity contribution is -0.122. The van der Waals surface area contributed by atoms with Crippen molar-refractivity contribution in [3.63, 3.8) is 0 Å². The van der Waals surface area contributed by atoms with Crippen LogP contribution in [0.1, 0.15) is 64.4 Å². The first-order valence-corrected chi connectivity index (χ1v) is 12.1. The quantitative estimate of drug-likeness (QED) is 0.667. The summed E-state index contributed by atoms with van der Waals surface area (Å²) >= 11 is 0. The highest BCUT2D eigenvalue weighted by Crippen LogP contribution is 2.28. The van der Waals surface area contributed by atoms with Crippen LogP contribution >= 0.6 is 0 Å². The fourth-order valence-electron chi connectivity index (χ4n) is 5.41. The third-order valence-electron chi connectivity index (χ3n) is 7.18. The predicted octanol–water partition coefficient (Wildman–Crippen LogP) is 3.54. The molecule has 1 aliphatic carbocycles. The Morgan fingerprint density at radius 1 is 1.23 bits per heavy atom. The Bertz CT molecular complexity index is 772. The Balaban J connectivity index is 1.33. The second kappa shape index (κ2) is 9.92. The molecule has 0 bridgehead atoms. The van der Waals surface area contributed by atoms with Crippen molar-refractivity contribution in [1.82, 2.24) is 15.1 Å².